The molecule has 3 rings (SSSR count). The first-order valence-corrected chi connectivity index (χ1v) is 7.43. The summed E-state index contributed by atoms with van der Waals surface area (Å²) in [4.78, 5) is 15.6. The molecule has 1 amide bonds. The normalized spacial score (nSPS) is 17.9. The van der Waals surface area contributed by atoms with E-state index in [-0.39, 0.29) is 12.5 Å². The first-order chi connectivity index (χ1) is 10.6. The number of aryl methyl sites for hydroxylation is 1. The Hall–Kier alpha value is -2.24. The maximum absolute atomic E-state index is 12.5. The number of aliphatic hydroxyl groups excluding tert-OH is 1. The largest absolute Gasteiger partial charge is 0.371 e. The minimum atomic E-state index is -0.831. The van der Waals surface area contributed by atoms with Gasteiger partial charge in [-0.05, 0) is 43.4 Å². The van der Waals surface area contributed by atoms with Gasteiger partial charge in [0, 0.05) is 11.3 Å². The van der Waals surface area contributed by atoms with Crippen LogP contribution in [-0.4, -0.2) is 33.8 Å². The zero-order chi connectivity index (χ0) is 15.7. The molecule has 0 spiro atoms. The van der Waals surface area contributed by atoms with Crippen molar-refractivity contribution in [2.45, 2.75) is 13.2 Å². The molecule has 1 aliphatic rings. The molecule has 1 aliphatic heterocycles. The van der Waals surface area contributed by atoms with Gasteiger partial charge >= 0.3 is 0 Å². The molecule has 1 atom stereocenters. The van der Waals surface area contributed by atoms with Gasteiger partial charge in [0.15, 0.2) is 11.3 Å². The van der Waals surface area contributed by atoms with E-state index < -0.39 is 6.23 Å². The lowest BCUT2D eigenvalue weighted by Gasteiger charge is -2.22. The molecular weight excluding hydrogens is 296 g/mol. The van der Waals surface area contributed by atoms with Crippen LogP contribution in [0, 0.1) is 6.92 Å². The van der Waals surface area contributed by atoms with Crippen molar-refractivity contribution in [1.29, 1.82) is 0 Å². The van der Waals surface area contributed by atoms with E-state index in [0.29, 0.717) is 10.7 Å². The van der Waals surface area contributed by atoms with Crippen molar-refractivity contribution in [3.63, 3.8) is 0 Å². The predicted octanol–water partition coefficient (Wildman–Crippen LogP) is 2.56. The van der Waals surface area contributed by atoms with Crippen LogP contribution in [0.25, 0.3) is 0 Å². The van der Waals surface area contributed by atoms with Crippen LogP contribution in [0.5, 0.6) is 0 Å². The number of hydrogen-bond acceptors (Lipinski definition) is 3. The van der Waals surface area contributed by atoms with Crippen molar-refractivity contribution >= 4 is 28.9 Å². The minimum Gasteiger partial charge on any atom is -0.371 e. The quantitative estimate of drug-likeness (QED) is 0.866. The summed E-state index contributed by atoms with van der Waals surface area (Å²) < 4.78 is 0. The SMILES string of the molecule is Cc1ccc(N2C(=S)N(C(=O)c3ccccc3)C[C@@H]2O)cc1. The number of rotatable bonds is 2. The van der Waals surface area contributed by atoms with Gasteiger partial charge in [-0.1, -0.05) is 35.9 Å². The Labute approximate surface area is 134 Å². The standard InChI is InChI=1S/C17H16N2O2S/c1-12-7-9-14(10-8-12)19-15(20)11-18(17(19)22)16(21)13-5-3-2-4-6-13/h2-10,15,20H,11H2,1H3/t15-/m0/s1. The lowest BCUT2D eigenvalue weighted by atomic mass is 10.2. The Kier molecular flexibility index (Phi) is 3.92. The predicted molar refractivity (Wildman–Crippen MR) is 89.7 cm³/mol. The average molecular weight is 312 g/mol. The Bertz CT molecular complexity index is 700. The summed E-state index contributed by atoms with van der Waals surface area (Å²) in [6, 6.07) is 16.6. The molecule has 5 heteroatoms. The number of amides is 1. The number of thiocarbonyl (C=S) groups is 1. The van der Waals surface area contributed by atoms with E-state index in [1.165, 1.54) is 4.90 Å². The van der Waals surface area contributed by atoms with Crippen molar-refractivity contribution in [2.75, 3.05) is 11.4 Å². The maximum atomic E-state index is 12.5. The van der Waals surface area contributed by atoms with Gasteiger partial charge in [-0.25, -0.2) is 0 Å². The van der Waals surface area contributed by atoms with Gasteiger partial charge < -0.3 is 5.11 Å². The second-order valence-electron chi connectivity index (χ2n) is 5.25. The van der Waals surface area contributed by atoms with Crippen molar-refractivity contribution in [1.82, 2.24) is 4.90 Å². The number of carbonyl (C=O) groups excluding carboxylic acids is 1. The van der Waals surface area contributed by atoms with Gasteiger partial charge in [-0.3, -0.25) is 14.6 Å². The van der Waals surface area contributed by atoms with Crippen LogP contribution in [0.15, 0.2) is 54.6 Å². The molecule has 1 heterocycles. The number of hydrogen-bond donors (Lipinski definition) is 1. The third-order valence-electron chi connectivity index (χ3n) is 3.66. The van der Waals surface area contributed by atoms with E-state index in [1.54, 1.807) is 29.2 Å². The van der Waals surface area contributed by atoms with Crippen molar-refractivity contribution in [3.8, 4) is 0 Å². The van der Waals surface area contributed by atoms with Crippen molar-refractivity contribution in [2.24, 2.45) is 0 Å². The molecule has 2 aromatic rings. The summed E-state index contributed by atoms with van der Waals surface area (Å²) in [6.07, 6.45) is -0.831. The molecular formula is C17H16N2O2S. The monoisotopic (exact) mass is 312 g/mol. The third kappa shape index (κ3) is 2.61. The first-order valence-electron chi connectivity index (χ1n) is 7.03. The minimum absolute atomic E-state index is 0.167. The van der Waals surface area contributed by atoms with E-state index in [1.807, 2.05) is 37.3 Å². The molecule has 1 saturated heterocycles. The van der Waals surface area contributed by atoms with Gasteiger partial charge in [0.1, 0.15) is 0 Å². The zero-order valence-electron chi connectivity index (χ0n) is 12.1. The maximum Gasteiger partial charge on any atom is 0.260 e. The summed E-state index contributed by atoms with van der Waals surface area (Å²) in [7, 11) is 0. The second-order valence-corrected chi connectivity index (χ2v) is 5.62. The fourth-order valence-electron chi connectivity index (χ4n) is 2.47. The molecule has 0 bridgehead atoms. The van der Waals surface area contributed by atoms with Crippen molar-refractivity contribution in [3.05, 3.63) is 65.7 Å². The highest BCUT2D eigenvalue weighted by molar-refractivity contribution is 7.80. The molecule has 0 saturated carbocycles. The van der Waals surface area contributed by atoms with Crippen LogP contribution < -0.4 is 4.90 Å². The van der Waals surface area contributed by atoms with Crippen LogP contribution in [0.1, 0.15) is 15.9 Å². The van der Waals surface area contributed by atoms with Crippen LogP contribution in [0.3, 0.4) is 0 Å². The molecule has 112 valence electrons. The molecule has 2 aromatic carbocycles. The van der Waals surface area contributed by atoms with E-state index in [9.17, 15) is 9.90 Å². The van der Waals surface area contributed by atoms with Gasteiger partial charge in [-0.2, -0.15) is 0 Å². The summed E-state index contributed by atoms with van der Waals surface area (Å²) >= 11 is 5.40. The van der Waals surface area contributed by atoms with Gasteiger partial charge in [0.25, 0.3) is 5.91 Å². The Morgan fingerprint density at radius 2 is 1.77 bits per heavy atom. The second kappa shape index (κ2) is 5.87. The van der Waals surface area contributed by atoms with Gasteiger partial charge in [0.05, 0.1) is 6.54 Å². The van der Waals surface area contributed by atoms with E-state index in [4.69, 9.17) is 12.2 Å². The number of nitrogens with zero attached hydrogens (tertiary/aromatic N) is 2. The molecule has 0 aromatic heterocycles. The zero-order valence-corrected chi connectivity index (χ0v) is 13.0. The van der Waals surface area contributed by atoms with Crippen LogP contribution >= 0.6 is 12.2 Å². The molecule has 0 radical (unpaired) electrons. The van der Waals surface area contributed by atoms with E-state index >= 15 is 0 Å². The first kappa shape index (κ1) is 14.7. The topological polar surface area (TPSA) is 43.8 Å². The summed E-state index contributed by atoms with van der Waals surface area (Å²) in [5, 5.41) is 10.6. The van der Waals surface area contributed by atoms with Crippen LogP contribution in [0.2, 0.25) is 0 Å². The van der Waals surface area contributed by atoms with Crippen LogP contribution in [-0.2, 0) is 0 Å². The molecule has 22 heavy (non-hydrogen) atoms. The number of carbonyl (C=O) groups is 1. The fraction of sp³-hybridized carbons (Fsp3) is 0.176. The lowest BCUT2D eigenvalue weighted by molar-refractivity contribution is 0.0821. The fourth-order valence-corrected chi connectivity index (χ4v) is 2.86. The van der Waals surface area contributed by atoms with E-state index in [0.717, 1.165) is 11.3 Å². The van der Waals surface area contributed by atoms with Gasteiger partial charge in [-0.15, -0.1) is 0 Å². The number of benzene rings is 2. The average Bonchev–Trinajstić information content (AvgIpc) is 2.83. The molecule has 1 N–H and O–H groups in total. The molecule has 4 nitrogen and oxygen atoms in total. The Morgan fingerprint density at radius 3 is 2.41 bits per heavy atom. The summed E-state index contributed by atoms with van der Waals surface area (Å²) in [5.74, 6) is -0.195. The van der Waals surface area contributed by atoms with E-state index in [2.05, 4.69) is 0 Å². The third-order valence-corrected chi connectivity index (χ3v) is 4.08. The number of aliphatic hydroxyl groups is 1. The molecule has 1 fully saturated rings. The Morgan fingerprint density at radius 1 is 1.14 bits per heavy atom. The van der Waals surface area contributed by atoms with Gasteiger partial charge in [0.2, 0.25) is 0 Å². The summed E-state index contributed by atoms with van der Waals surface area (Å²) in [6.45, 7) is 2.16. The smallest absolute Gasteiger partial charge is 0.260 e. The van der Waals surface area contributed by atoms with Crippen molar-refractivity contribution < 1.29 is 9.90 Å². The Balaban J connectivity index is 1.87. The highest BCUT2D eigenvalue weighted by Crippen LogP contribution is 2.25. The number of β-amino-alcohol motifs (C(OH)–C–C–N with tert-alkyl or cyclic N) is 1. The number of anilines is 1. The molecule has 0 unspecified atom stereocenters. The highest BCUT2D eigenvalue weighted by Gasteiger charge is 2.37. The lowest BCUT2D eigenvalue weighted by Crippen LogP contribution is -2.37. The summed E-state index contributed by atoms with van der Waals surface area (Å²) in [5.41, 5.74) is 2.47. The molecule has 0 aliphatic carbocycles. The highest BCUT2D eigenvalue weighted by atomic mass is 32.1. The van der Waals surface area contributed by atoms with Crippen LogP contribution in [0.4, 0.5) is 5.69 Å².